The van der Waals surface area contributed by atoms with Gasteiger partial charge in [0.2, 0.25) is 0 Å². The number of pyridine rings is 1. The molecular weight excluding hydrogens is 322 g/mol. The van der Waals surface area contributed by atoms with Gasteiger partial charge < -0.3 is 0 Å². The van der Waals surface area contributed by atoms with Crippen LogP contribution in [0.5, 0.6) is 0 Å². The predicted octanol–water partition coefficient (Wildman–Crippen LogP) is 4.02. The Labute approximate surface area is 144 Å². The van der Waals surface area contributed by atoms with Crippen molar-refractivity contribution in [1.29, 1.82) is 0 Å². The van der Waals surface area contributed by atoms with Crippen molar-refractivity contribution >= 4 is 22.4 Å². The molecule has 0 aliphatic heterocycles. The lowest BCUT2D eigenvalue weighted by Crippen LogP contribution is -2.14. The summed E-state index contributed by atoms with van der Waals surface area (Å²) in [7, 11) is 0. The van der Waals surface area contributed by atoms with Crippen molar-refractivity contribution < 1.29 is 4.79 Å². The van der Waals surface area contributed by atoms with Crippen LogP contribution in [0.25, 0.3) is 11.4 Å². The number of aromatic nitrogens is 4. The molecule has 0 saturated heterocycles. The summed E-state index contributed by atoms with van der Waals surface area (Å²) >= 11 is 1.37. The van der Waals surface area contributed by atoms with E-state index in [1.807, 2.05) is 34.5 Å². The fourth-order valence-corrected chi connectivity index (χ4v) is 3.15. The van der Waals surface area contributed by atoms with Gasteiger partial charge in [0, 0.05) is 17.8 Å². The van der Waals surface area contributed by atoms with E-state index < -0.39 is 0 Å². The zero-order valence-corrected chi connectivity index (χ0v) is 14.5. The molecule has 1 amide bonds. The Morgan fingerprint density at radius 3 is 2.79 bits per heavy atom. The molecule has 7 heteroatoms. The van der Waals surface area contributed by atoms with Crippen molar-refractivity contribution in [2.75, 3.05) is 5.32 Å². The molecule has 3 heterocycles. The standard InChI is InChI=1S/C17H19N5OS/c1-3-12(4-2)22-10-8-14(21-22)16(23)20-17-19-15(11-24-17)13-7-5-6-9-18-13/h5-12H,3-4H2,1-2H3,(H,19,20,23). The van der Waals surface area contributed by atoms with Crippen LogP contribution in [0.2, 0.25) is 0 Å². The fourth-order valence-electron chi connectivity index (χ4n) is 2.45. The summed E-state index contributed by atoms with van der Waals surface area (Å²) < 4.78 is 1.86. The predicted molar refractivity (Wildman–Crippen MR) is 95.1 cm³/mol. The first-order valence-corrected chi connectivity index (χ1v) is 8.82. The highest BCUT2D eigenvalue weighted by Crippen LogP contribution is 2.23. The van der Waals surface area contributed by atoms with Gasteiger partial charge in [0.25, 0.3) is 5.91 Å². The average Bonchev–Trinajstić information content (AvgIpc) is 3.27. The van der Waals surface area contributed by atoms with Crippen molar-refractivity contribution in [2.45, 2.75) is 32.7 Å². The Bertz CT molecular complexity index is 807. The Hall–Kier alpha value is -2.54. The third-order valence-electron chi connectivity index (χ3n) is 3.81. The summed E-state index contributed by atoms with van der Waals surface area (Å²) in [5, 5.41) is 9.60. The zero-order valence-electron chi connectivity index (χ0n) is 13.6. The van der Waals surface area contributed by atoms with Gasteiger partial charge in [-0.15, -0.1) is 11.3 Å². The Morgan fingerprint density at radius 2 is 2.08 bits per heavy atom. The van der Waals surface area contributed by atoms with E-state index in [9.17, 15) is 4.79 Å². The highest BCUT2D eigenvalue weighted by atomic mass is 32.1. The van der Waals surface area contributed by atoms with E-state index in [1.54, 1.807) is 12.3 Å². The largest absolute Gasteiger partial charge is 0.296 e. The van der Waals surface area contributed by atoms with Gasteiger partial charge >= 0.3 is 0 Å². The van der Waals surface area contributed by atoms with Gasteiger partial charge in [-0.3, -0.25) is 19.8 Å². The smallest absolute Gasteiger partial charge is 0.277 e. The van der Waals surface area contributed by atoms with E-state index >= 15 is 0 Å². The van der Waals surface area contributed by atoms with E-state index in [0.717, 1.165) is 24.2 Å². The maximum Gasteiger partial charge on any atom is 0.277 e. The van der Waals surface area contributed by atoms with Crippen molar-refractivity contribution in [3.8, 4) is 11.4 Å². The van der Waals surface area contributed by atoms with Crippen LogP contribution in [0.4, 0.5) is 5.13 Å². The maximum atomic E-state index is 12.3. The van der Waals surface area contributed by atoms with Crippen LogP contribution in [0, 0.1) is 0 Å². The molecule has 0 radical (unpaired) electrons. The molecular formula is C17H19N5OS. The van der Waals surface area contributed by atoms with Crippen LogP contribution in [0.15, 0.2) is 42.0 Å². The number of thiazole rings is 1. The third kappa shape index (κ3) is 3.51. The minimum Gasteiger partial charge on any atom is -0.296 e. The molecule has 0 bridgehead atoms. The molecule has 0 aromatic carbocycles. The number of hydrogen-bond acceptors (Lipinski definition) is 5. The van der Waals surface area contributed by atoms with Gasteiger partial charge in [0.1, 0.15) is 5.69 Å². The molecule has 1 N–H and O–H groups in total. The molecule has 24 heavy (non-hydrogen) atoms. The zero-order chi connectivity index (χ0) is 16.9. The van der Waals surface area contributed by atoms with E-state index in [2.05, 4.69) is 34.2 Å². The second-order valence-electron chi connectivity index (χ2n) is 5.36. The number of nitrogens with zero attached hydrogens (tertiary/aromatic N) is 4. The molecule has 0 saturated carbocycles. The molecule has 0 spiro atoms. The van der Waals surface area contributed by atoms with Crippen LogP contribution in [-0.2, 0) is 0 Å². The van der Waals surface area contributed by atoms with Crippen molar-refractivity contribution in [3.05, 3.63) is 47.7 Å². The second kappa shape index (κ2) is 7.35. The second-order valence-corrected chi connectivity index (χ2v) is 6.22. The van der Waals surface area contributed by atoms with Crippen LogP contribution in [0.3, 0.4) is 0 Å². The lowest BCUT2D eigenvalue weighted by molar-refractivity contribution is 0.102. The molecule has 124 valence electrons. The van der Waals surface area contributed by atoms with Crippen molar-refractivity contribution in [3.63, 3.8) is 0 Å². The normalized spacial score (nSPS) is 11.0. The van der Waals surface area contributed by atoms with Gasteiger partial charge in [-0.2, -0.15) is 5.10 Å². The minimum atomic E-state index is -0.248. The number of nitrogens with one attached hydrogen (secondary N) is 1. The summed E-state index contributed by atoms with van der Waals surface area (Å²) in [5.74, 6) is -0.248. The van der Waals surface area contributed by atoms with Crippen LogP contribution < -0.4 is 5.32 Å². The molecule has 0 aliphatic rings. The SMILES string of the molecule is CCC(CC)n1ccc(C(=O)Nc2nc(-c3ccccn3)cs2)n1. The molecule has 0 unspecified atom stereocenters. The monoisotopic (exact) mass is 341 g/mol. The van der Waals surface area contributed by atoms with Gasteiger partial charge in [-0.25, -0.2) is 4.98 Å². The van der Waals surface area contributed by atoms with E-state index in [4.69, 9.17) is 0 Å². The topological polar surface area (TPSA) is 72.7 Å². The van der Waals surface area contributed by atoms with E-state index in [0.29, 0.717) is 16.9 Å². The van der Waals surface area contributed by atoms with Crippen molar-refractivity contribution in [2.24, 2.45) is 0 Å². The number of rotatable bonds is 6. The Kier molecular flexibility index (Phi) is 5.00. The summed E-state index contributed by atoms with van der Waals surface area (Å²) in [6.07, 6.45) is 5.55. The maximum absolute atomic E-state index is 12.3. The minimum absolute atomic E-state index is 0.248. The molecule has 0 fully saturated rings. The fraction of sp³-hybridized carbons (Fsp3) is 0.294. The van der Waals surface area contributed by atoms with Crippen LogP contribution >= 0.6 is 11.3 Å². The quantitative estimate of drug-likeness (QED) is 0.735. The summed E-state index contributed by atoms with van der Waals surface area (Å²) in [4.78, 5) is 21.0. The number of carbonyl (C=O) groups excluding carboxylic acids is 1. The summed E-state index contributed by atoms with van der Waals surface area (Å²) in [5.41, 5.74) is 1.93. The average molecular weight is 341 g/mol. The summed E-state index contributed by atoms with van der Waals surface area (Å²) in [6.45, 7) is 4.23. The van der Waals surface area contributed by atoms with Crippen LogP contribution in [0.1, 0.15) is 43.2 Å². The molecule has 3 aromatic rings. The number of carbonyl (C=O) groups is 1. The van der Waals surface area contributed by atoms with Gasteiger partial charge in [0.15, 0.2) is 10.8 Å². The lowest BCUT2D eigenvalue weighted by atomic mass is 10.2. The van der Waals surface area contributed by atoms with Gasteiger partial charge in [-0.1, -0.05) is 19.9 Å². The van der Waals surface area contributed by atoms with Crippen molar-refractivity contribution in [1.82, 2.24) is 19.7 Å². The first-order chi connectivity index (χ1) is 11.7. The number of amides is 1. The first kappa shape index (κ1) is 16.3. The Morgan fingerprint density at radius 1 is 1.25 bits per heavy atom. The Balaban J connectivity index is 1.70. The first-order valence-electron chi connectivity index (χ1n) is 7.94. The molecule has 0 aliphatic carbocycles. The summed E-state index contributed by atoms with van der Waals surface area (Å²) in [6, 6.07) is 7.71. The number of hydrogen-bond donors (Lipinski definition) is 1. The highest BCUT2D eigenvalue weighted by Gasteiger charge is 2.15. The lowest BCUT2D eigenvalue weighted by Gasteiger charge is -2.12. The third-order valence-corrected chi connectivity index (χ3v) is 4.57. The molecule has 6 nitrogen and oxygen atoms in total. The molecule has 3 rings (SSSR count). The van der Waals surface area contributed by atoms with Crippen LogP contribution in [-0.4, -0.2) is 25.7 Å². The number of anilines is 1. The highest BCUT2D eigenvalue weighted by molar-refractivity contribution is 7.14. The molecule has 3 aromatic heterocycles. The van der Waals surface area contributed by atoms with Gasteiger partial charge in [-0.05, 0) is 31.0 Å². The molecule has 0 atom stereocenters. The van der Waals surface area contributed by atoms with E-state index in [-0.39, 0.29) is 5.91 Å². The van der Waals surface area contributed by atoms with E-state index in [1.165, 1.54) is 11.3 Å². The van der Waals surface area contributed by atoms with Gasteiger partial charge in [0.05, 0.1) is 11.7 Å².